The van der Waals surface area contributed by atoms with Crippen molar-refractivity contribution in [3.63, 3.8) is 0 Å². The van der Waals surface area contributed by atoms with E-state index in [1.165, 1.54) is 12.8 Å². The summed E-state index contributed by atoms with van der Waals surface area (Å²) in [6.07, 6.45) is 5.20. The third kappa shape index (κ3) is 1.95. The Morgan fingerprint density at radius 3 is 3.00 bits per heavy atom. The first-order chi connectivity index (χ1) is 8.24. The van der Waals surface area contributed by atoms with E-state index in [4.69, 9.17) is 0 Å². The van der Waals surface area contributed by atoms with Crippen LogP contribution in [0.5, 0.6) is 0 Å². The summed E-state index contributed by atoms with van der Waals surface area (Å²) < 4.78 is 1.65. The Hall–Kier alpha value is -1.36. The third-order valence-electron chi connectivity index (χ3n) is 3.85. The fraction of sp³-hybridized carbons (Fsp3) is 0.667. The Morgan fingerprint density at radius 1 is 1.41 bits per heavy atom. The number of aromatic nitrogens is 2. The normalized spacial score (nSPS) is 28.2. The molecule has 0 saturated carbocycles. The van der Waals surface area contributed by atoms with Crippen molar-refractivity contribution >= 4 is 5.91 Å². The summed E-state index contributed by atoms with van der Waals surface area (Å²) in [6, 6.07) is 2.89. The zero-order valence-electron chi connectivity index (χ0n) is 10.1. The van der Waals surface area contributed by atoms with Crippen LogP contribution in [-0.4, -0.2) is 45.8 Å². The Morgan fingerprint density at radius 2 is 2.24 bits per heavy atom. The molecule has 0 spiro atoms. The van der Waals surface area contributed by atoms with E-state index in [0.717, 1.165) is 19.5 Å². The number of likely N-dealkylation sites (tertiary alicyclic amines) is 1. The zero-order chi connectivity index (χ0) is 11.8. The molecule has 0 aliphatic carbocycles. The molecule has 1 N–H and O–H groups in total. The number of hydrogen-bond acceptors (Lipinski definition) is 3. The highest BCUT2D eigenvalue weighted by atomic mass is 16.2. The first kappa shape index (κ1) is 10.8. The summed E-state index contributed by atoms with van der Waals surface area (Å²) in [5, 5.41) is 7.64. The molecule has 2 unspecified atom stereocenters. The number of nitrogens with zero attached hydrogens (tertiary/aromatic N) is 3. The van der Waals surface area contributed by atoms with Crippen LogP contribution >= 0.6 is 0 Å². The van der Waals surface area contributed by atoms with Crippen molar-refractivity contribution in [1.29, 1.82) is 0 Å². The molecule has 1 aromatic rings. The molecule has 17 heavy (non-hydrogen) atoms. The Kier molecular flexibility index (Phi) is 2.63. The van der Waals surface area contributed by atoms with Gasteiger partial charge in [0.15, 0.2) is 0 Å². The minimum atomic E-state index is 0.111. The summed E-state index contributed by atoms with van der Waals surface area (Å²) in [5.74, 6) is 0.111. The number of rotatable bonds is 1. The molecule has 2 aliphatic heterocycles. The van der Waals surface area contributed by atoms with E-state index in [9.17, 15) is 4.79 Å². The second-order valence-electron chi connectivity index (χ2n) is 5.02. The minimum Gasteiger partial charge on any atom is -0.336 e. The third-order valence-corrected chi connectivity index (χ3v) is 3.85. The van der Waals surface area contributed by atoms with Gasteiger partial charge in [-0.1, -0.05) is 0 Å². The van der Waals surface area contributed by atoms with Gasteiger partial charge < -0.3 is 10.2 Å². The maximum atomic E-state index is 12.3. The molecule has 0 aromatic carbocycles. The molecule has 5 heteroatoms. The molecule has 1 amide bonds. The van der Waals surface area contributed by atoms with Gasteiger partial charge in [-0.25, -0.2) is 0 Å². The van der Waals surface area contributed by atoms with E-state index in [1.807, 2.05) is 11.9 Å². The van der Waals surface area contributed by atoms with Gasteiger partial charge in [0.1, 0.15) is 5.69 Å². The summed E-state index contributed by atoms with van der Waals surface area (Å²) in [4.78, 5) is 14.3. The lowest BCUT2D eigenvalue weighted by Gasteiger charge is -2.24. The summed E-state index contributed by atoms with van der Waals surface area (Å²) >= 11 is 0. The highest BCUT2D eigenvalue weighted by Gasteiger charge is 2.31. The van der Waals surface area contributed by atoms with Crippen molar-refractivity contribution in [3.8, 4) is 0 Å². The number of carbonyl (C=O) groups excluding carboxylic acids is 1. The SMILES string of the molecule is Cn1nccc1C(=O)N1CCC2CCC(C1)N2. The molecule has 2 fully saturated rings. The lowest BCUT2D eigenvalue weighted by molar-refractivity contribution is 0.0737. The fourth-order valence-electron chi connectivity index (χ4n) is 2.87. The highest BCUT2D eigenvalue weighted by Crippen LogP contribution is 2.21. The summed E-state index contributed by atoms with van der Waals surface area (Å²) in [5.41, 5.74) is 0.683. The number of nitrogens with one attached hydrogen (secondary N) is 1. The van der Waals surface area contributed by atoms with Crippen LogP contribution in [0.4, 0.5) is 0 Å². The van der Waals surface area contributed by atoms with Crippen molar-refractivity contribution < 1.29 is 4.79 Å². The van der Waals surface area contributed by atoms with Crippen LogP contribution in [0.2, 0.25) is 0 Å². The standard InChI is InChI=1S/C12H18N4O/c1-15-11(4-6-13-15)12(17)16-7-5-9-2-3-10(8-16)14-9/h4,6,9-10,14H,2-3,5,7-8H2,1H3. The Balaban J connectivity index is 1.76. The number of fused-ring (bicyclic) bond motifs is 2. The largest absolute Gasteiger partial charge is 0.336 e. The maximum absolute atomic E-state index is 12.3. The first-order valence-electron chi connectivity index (χ1n) is 6.27. The molecule has 92 valence electrons. The van der Waals surface area contributed by atoms with Crippen molar-refractivity contribution in [3.05, 3.63) is 18.0 Å². The van der Waals surface area contributed by atoms with Crippen molar-refractivity contribution in [2.45, 2.75) is 31.3 Å². The van der Waals surface area contributed by atoms with Crippen LogP contribution < -0.4 is 5.32 Å². The van der Waals surface area contributed by atoms with Crippen LogP contribution in [0.3, 0.4) is 0 Å². The molecule has 2 aliphatic rings. The van der Waals surface area contributed by atoms with Crippen LogP contribution in [0, 0.1) is 0 Å². The average molecular weight is 234 g/mol. The van der Waals surface area contributed by atoms with Gasteiger partial charge >= 0.3 is 0 Å². The molecule has 2 atom stereocenters. The van der Waals surface area contributed by atoms with Gasteiger partial charge in [-0.15, -0.1) is 0 Å². The van der Waals surface area contributed by atoms with E-state index >= 15 is 0 Å². The predicted molar refractivity (Wildman–Crippen MR) is 63.7 cm³/mol. The molecular weight excluding hydrogens is 216 g/mol. The van der Waals surface area contributed by atoms with Crippen LogP contribution in [0.15, 0.2) is 12.3 Å². The van der Waals surface area contributed by atoms with Gasteiger partial charge in [-0.05, 0) is 25.3 Å². The van der Waals surface area contributed by atoms with Crippen molar-refractivity contribution in [1.82, 2.24) is 20.0 Å². The van der Waals surface area contributed by atoms with Crippen LogP contribution in [0.25, 0.3) is 0 Å². The number of carbonyl (C=O) groups is 1. The van der Waals surface area contributed by atoms with E-state index in [-0.39, 0.29) is 5.91 Å². The van der Waals surface area contributed by atoms with E-state index < -0.39 is 0 Å². The Bertz CT molecular complexity index is 428. The molecule has 1 aromatic heterocycles. The topological polar surface area (TPSA) is 50.2 Å². The fourth-order valence-corrected chi connectivity index (χ4v) is 2.87. The maximum Gasteiger partial charge on any atom is 0.272 e. The number of hydrogen-bond donors (Lipinski definition) is 1. The van der Waals surface area contributed by atoms with Gasteiger partial charge in [0.2, 0.25) is 0 Å². The highest BCUT2D eigenvalue weighted by molar-refractivity contribution is 5.92. The smallest absolute Gasteiger partial charge is 0.272 e. The molecule has 3 rings (SSSR count). The van der Waals surface area contributed by atoms with Crippen molar-refractivity contribution in [2.24, 2.45) is 7.05 Å². The zero-order valence-corrected chi connectivity index (χ0v) is 10.1. The monoisotopic (exact) mass is 234 g/mol. The predicted octanol–water partition coefficient (Wildman–Crippen LogP) is 0.387. The molecule has 2 bridgehead atoms. The number of amides is 1. The van der Waals surface area contributed by atoms with E-state index in [1.54, 1.807) is 16.9 Å². The second-order valence-corrected chi connectivity index (χ2v) is 5.02. The van der Waals surface area contributed by atoms with Gasteiger partial charge in [0.05, 0.1) is 0 Å². The molecular formula is C12H18N4O. The molecule has 5 nitrogen and oxygen atoms in total. The lowest BCUT2D eigenvalue weighted by atomic mass is 10.1. The van der Waals surface area contributed by atoms with E-state index in [0.29, 0.717) is 17.8 Å². The second kappa shape index (κ2) is 4.14. The van der Waals surface area contributed by atoms with Gasteiger partial charge in [-0.3, -0.25) is 9.48 Å². The minimum absolute atomic E-state index is 0.111. The summed E-state index contributed by atoms with van der Waals surface area (Å²) in [6.45, 7) is 1.69. The lowest BCUT2D eigenvalue weighted by Crippen LogP contribution is -2.39. The molecule has 0 radical (unpaired) electrons. The summed E-state index contributed by atoms with van der Waals surface area (Å²) in [7, 11) is 1.81. The quantitative estimate of drug-likeness (QED) is 0.764. The van der Waals surface area contributed by atoms with Crippen molar-refractivity contribution in [2.75, 3.05) is 13.1 Å². The Labute approximate surface area is 101 Å². The number of aryl methyl sites for hydroxylation is 1. The van der Waals surface area contributed by atoms with Crippen LogP contribution in [0.1, 0.15) is 29.8 Å². The average Bonchev–Trinajstić information content (AvgIpc) is 2.84. The van der Waals surface area contributed by atoms with Gasteiger partial charge in [0, 0.05) is 38.4 Å². The molecule has 3 heterocycles. The van der Waals surface area contributed by atoms with E-state index in [2.05, 4.69) is 10.4 Å². The van der Waals surface area contributed by atoms with Crippen LogP contribution in [-0.2, 0) is 7.05 Å². The van der Waals surface area contributed by atoms with Gasteiger partial charge in [0.25, 0.3) is 5.91 Å². The first-order valence-corrected chi connectivity index (χ1v) is 6.27. The van der Waals surface area contributed by atoms with Gasteiger partial charge in [-0.2, -0.15) is 5.10 Å². The molecule has 2 saturated heterocycles.